The van der Waals surface area contributed by atoms with Gasteiger partial charge < -0.3 is 10.1 Å². The standard InChI is InChI=1S/C15H23BrN2O3S/c1-11-7-13(16)8-12(2)14(11)22(19,20)18-9-15(10-21-3)5-4-6-17-15/h7-8,17-18H,4-6,9-10H2,1-3H3. The van der Waals surface area contributed by atoms with Crippen LogP contribution in [0.25, 0.3) is 0 Å². The van der Waals surface area contributed by atoms with E-state index in [0.717, 1.165) is 35.0 Å². The first kappa shape index (κ1) is 17.9. The topological polar surface area (TPSA) is 67.4 Å². The Bertz CT molecular complexity index is 617. The number of halogens is 1. The minimum atomic E-state index is -3.55. The lowest BCUT2D eigenvalue weighted by molar-refractivity contribution is 0.122. The number of hydrogen-bond acceptors (Lipinski definition) is 4. The van der Waals surface area contributed by atoms with Gasteiger partial charge in [-0.15, -0.1) is 0 Å². The Labute approximate surface area is 141 Å². The molecular weight excluding hydrogens is 368 g/mol. The molecule has 5 nitrogen and oxygen atoms in total. The lowest BCUT2D eigenvalue weighted by Gasteiger charge is -2.29. The first-order valence-corrected chi connectivity index (χ1v) is 9.58. The highest BCUT2D eigenvalue weighted by atomic mass is 79.9. The minimum absolute atomic E-state index is 0.307. The van der Waals surface area contributed by atoms with Gasteiger partial charge in [-0.05, 0) is 56.5 Å². The molecule has 1 fully saturated rings. The Morgan fingerprint density at radius 3 is 2.50 bits per heavy atom. The molecule has 1 aliphatic rings. The number of ether oxygens (including phenoxy) is 1. The van der Waals surface area contributed by atoms with E-state index in [2.05, 4.69) is 26.0 Å². The van der Waals surface area contributed by atoms with Crippen LogP contribution in [0.5, 0.6) is 0 Å². The summed E-state index contributed by atoms with van der Waals surface area (Å²) < 4.78 is 34.3. The van der Waals surface area contributed by atoms with E-state index >= 15 is 0 Å². The predicted octanol–water partition coefficient (Wildman–Crippen LogP) is 2.11. The van der Waals surface area contributed by atoms with Crippen molar-refractivity contribution in [3.63, 3.8) is 0 Å². The normalized spacial score (nSPS) is 22.2. The van der Waals surface area contributed by atoms with E-state index in [1.165, 1.54) is 0 Å². The molecule has 1 aromatic carbocycles. The van der Waals surface area contributed by atoms with Gasteiger partial charge in [0.05, 0.1) is 17.0 Å². The zero-order chi connectivity index (χ0) is 16.4. The number of benzene rings is 1. The zero-order valence-corrected chi connectivity index (χ0v) is 15.6. The number of methoxy groups -OCH3 is 1. The molecule has 1 atom stereocenters. The lowest BCUT2D eigenvalue weighted by Crippen LogP contribution is -2.53. The molecule has 0 amide bonds. The quantitative estimate of drug-likeness (QED) is 0.780. The van der Waals surface area contributed by atoms with Crippen LogP contribution in [-0.4, -0.2) is 40.8 Å². The van der Waals surface area contributed by atoms with Gasteiger partial charge in [-0.3, -0.25) is 0 Å². The summed E-state index contributed by atoms with van der Waals surface area (Å²) in [5.74, 6) is 0. The summed E-state index contributed by atoms with van der Waals surface area (Å²) in [6, 6.07) is 3.64. The molecule has 124 valence electrons. The van der Waals surface area contributed by atoms with Crippen LogP contribution in [0.2, 0.25) is 0 Å². The van der Waals surface area contributed by atoms with Crippen molar-refractivity contribution >= 4 is 26.0 Å². The predicted molar refractivity (Wildman–Crippen MR) is 90.6 cm³/mol. The van der Waals surface area contributed by atoms with Crippen molar-refractivity contribution in [3.05, 3.63) is 27.7 Å². The average molecular weight is 391 g/mol. The molecule has 1 aromatic rings. The number of rotatable bonds is 6. The van der Waals surface area contributed by atoms with E-state index in [4.69, 9.17) is 4.74 Å². The van der Waals surface area contributed by atoms with Crippen LogP contribution in [0.1, 0.15) is 24.0 Å². The second kappa shape index (κ2) is 6.97. The number of hydrogen-bond donors (Lipinski definition) is 2. The number of nitrogens with one attached hydrogen (secondary N) is 2. The zero-order valence-electron chi connectivity index (χ0n) is 13.2. The van der Waals surface area contributed by atoms with Crippen LogP contribution >= 0.6 is 15.9 Å². The summed E-state index contributed by atoms with van der Waals surface area (Å²) in [6.45, 7) is 5.34. The Morgan fingerprint density at radius 1 is 1.36 bits per heavy atom. The van der Waals surface area contributed by atoms with Gasteiger partial charge in [0.15, 0.2) is 0 Å². The van der Waals surface area contributed by atoms with Crippen LogP contribution in [0.15, 0.2) is 21.5 Å². The maximum absolute atomic E-state index is 12.7. The highest BCUT2D eigenvalue weighted by molar-refractivity contribution is 9.10. The Hall–Kier alpha value is -0.470. The van der Waals surface area contributed by atoms with Crippen molar-refractivity contribution in [1.82, 2.24) is 10.0 Å². The van der Waals surface area contributed by atoms with E-state index in [-0.39, 0.29) is 5.54 Å². The molecule has 0 bridgehead atoms. The van der Waals surface area contributed by atoms with Crippen LogP contribution in [0.4, 0.5) is 0 Å². The number of aryl methyl sites for hydroxylation is 2. The van der Waals surface area contributed by atoms with Crippen molar-refractivity contribution < 1.29 is 13.2 Å². The van der Waals surface area contributed by atoms with Crippen molar-refractivity contribution in [2.45, 2.75) is 37.1 Å². The Kier molecular flexibility index (Phi) is 5.66. The molecule has 1 saturated heterocycles. The average Bonchev–Trinajstić information content (AvgIpc) is 2.84. The fourth-order valence-corrected chi connectivity index (χ4v) is 5.36. The molecule has 2 N–H and O–H groups in total. The van der Waals surface area contributed by atoms with Gasteiger partial charge in [-0.1, -0.05) is 15.9 Å². The van der Waals surface area contributed by atoms with Crippen molar-refractivity contribution in [3.8, 4) is 0 Å². The summed E-state index contributed by atoms with van der Waals surface area (Å²) in [7, 11) is -1.91. The molecule has 0 saturated carbocycles. The molecular formula is C15H23BrN2O3S. The van der Waals surface area contributed by atoms with Gasteiger partial charge in [-0.25, -0.2) is 13.1 Å². The van der Waals surface area contributed by atoms with Gasteiger partial charge in [0.25, 0.3) is 0 Å². The van der Waals surface area contributed by atoms with Crippen molar-refractivity contribution in [2.24, 2.45) is 0 Å². The summed E-state index contributed by atoms with van der Waals surface area (Å²) >= 11 is 3.39. The first-order chi connectivity index (χ1) is 10.3. The van der Waals surface area contributed by atoms with E-state index in [0.29, 0.717) is 18.0 Å². The first-order valence-electron chi connectivity index (χ1n) is 7.30. The third kappa shape index (κ3) is 3.89. The molecule has 0 radical (unpaired) electrons. The third-order valence-electron chi connectivity index (χ3n) is 4.05. The highest BCUT2D eigenvalue weighted by Crippen LogP contribution is 2.25. The van der Waals surface area contributed by atoms with Gasteiger partial charge in [0.1, 0.15) is 0 Å². The van der Waals surface area contributed by atoms with E-state index < -0.39 is 10.0 Å². The molecule has 2 rings (SSSR count). The molecule has 7 heteroatoms. The summed E-state index contributed by atoms with van der Waals surface area (Å²) in [6.07, 6.45) is 1.93. The molecule has 1 aliphatic heterocycles. The van der Waals surface area contributed by atoms with Gasteiger partial charge in [-0.2, -0.15) is 0 Å². The van der Waals surface area contributed by atoms with E-state index in [9.17, 15) is 8.42 Å². The van der Waals surface area contributed by atoms with Crippen molar-refractivity contribution in [2.75, 3.05) is 26.8 Å². The van der Waals surface area contributed by atoms with Gasteiger partial charge in [0.2, 0.25) is 10.0 Å². The van der Waals surface area contributed by atoms with Crippen molar-refractivity contribution in [1.29, 1.82) is 0 Å². The molecule has 0 aliphatic carbocycles. The molecule has 22 heavy (non-hydrogen) atoms. The van der Waals surface area contributed by atoms with Crippen LogP contribution in [-0.2, 0) is 14.8 Å². The third-order valence-corrected chi connectivity index (χ3v) is 6.21. The fraction of sp³-hybridized carbons (Fsp3) is 0.600. The summed E-state index contributed by atoms with van der Waals surface area (Å²) in [5, 5.41) is 3.37. The molecule has 1 unspecified atom stereocenters. The smallest absolute Gasteiger partial charge is 0.241 e. The molecule has 1 heterocycles. The Morgan fingerprint density at radius 2 is 2.00 bits per heavy atom. The molecule has 0 spiro atoms. The molecule has 0 aromatic heterocycles. The summed E-state index contributed by atoms with van der Waals surface area (Å²) in [4.78, 5) is 0.362. The lowest BCUT2D eigenvalue weighted by atomic mass is 9.99. The monoisotopic (exact) mass is 390 g/mol. The maximum atomic E-state index is 12.7. The second-order valence-electron chi connectivity index (χ2n) is 5.94. The number of sulfonamides is 1. The minimum Gasteiger partial charge on any atom is -0.383 e. The largest absolute Gasteiger partial charge is 0.383 e. The highest BCUT2D eigenvalue weighted by Gasteiger charge is 2.35. The SMILES string of the molecule is COCC1(CNS(=O)(=O)c2c(C)cc(Br)cc2C)CCCN1. The van der Waals surface area contributed by atoms with Crippen LogP contribution in [0, 0.1) is 13.8 Å². The van der Waals surface area contributed by atoms with Crippen LogP contribution in [0.3, 0.4) is 0 Å². The fourth-order valence-electron chi connectivity index (χ4n) is 3.10. The van der Waals surface area contributed by atoms with Crippen LogP contribution < -0.4 is 10.0 Å². The second-order valence-corrected chi connectivity index (χ2v) is 8.56. The summed E-state index contributed by atoms with van der Waals surface area (Å²) in [5.41, 5.74) is 1.16. The van der Waals surface area contributed by atoms with Gasteiger partial charge >= 0.3 is 0 Å². The van der Waals surface area contributed by atoms with E-state index in [1.807, 2.05) is 26.0 Å². The Balaban J connectivity index is 2.21. The van der Waals surface area contributed by atoms with E-state index in [1.54, 1.807) is 7.11 Å². The maximum Gasteiger partial charge on any atom is 0.241 e. The van der Waals surface area contributed by atoms with Gasteiger partial charge in [0, 0.05) is 18.1 Å².